The number of nitrogens with one attached hydrogen (secondary N) is 1. The lowest BCUT2D eigenvalue weighted by atomic mass is 10.3. The quantitative estimate of drug-likeness (QED) is 0.552. The fraction of sp³-hybridized carbons (Fsp3) is 0.312. The Bertz CT molecular complexity index is 946. The molecule has 2 aromatic heterocycles. The van der Waals surface area contributed by atoms with Crippen LogP contribution in [0.15, 0.2) is 29.2 Å². The first kappa shape index (κ1) is 17.2. The summed E-state index contributed by atoms with van der Waals surface area (Å²) in [7, 11) is 0. The van der Waals surface area contributed by atoms with Crippen molar-refractivity contribution in [3.8, 4) is 5.88 Å². The van der Waals surface area contributed by atoms with Crippen molar-refractivity contribution in [1.29, 1.82) is 0 Å². The number of carboxylic acids is 2. The Morgan fingerprint density at radius 3 is 2.68 bits per heavy atom. The highest BCUT2D eigenvalue weighted by Crippen LogP contribution is 2.38. The van der Waals surface area contributed by atoms with Gasteiger partial charge in [-0.25, -0.2) is 9.50 Å². The first-order chi connectivity index (χ1) is 11.9. The summed E-state index contributed by atoms with van der Waals surface area (Å²) < 4.78 is 7.46. The highest BCUT2D eigenvalue weighted by atomic mass is 32.2. The van der Waals surface area contributed by atoms with Gasteiger partial charge in [0.15, 0.2) is 5.65 Å². The van der Waals surface area contributed by atoms with Crippen LogP contribution in [0.5, 0.6) is 5.88 Å². The fourth-order valence-corrected chi connectivity index (χ4v) is 3.50. The minimum absolute atomic E-state index is 0.142. The average molecular weight is 363 g/mol. The van der Waals surface area contributed by atoms with Crippen LogP contribution < -0.4 is 4.74 Å². The summed E-state index contributed by atoms with van der Waals surface area (Å²) in [6, 6.07) is 7.46. The van der Waals surface area contributed by atoms with Gasteiger partial charge in [0.25, 0.3) is 0 Å². The summed E-state index contributed by atoms with van der Waals surface area (Å²) in [5.74, 6) is -1.99. The molecule has 0 aliphatic heterocycles. The van der Waals surface area contributed by atoms with E-state index in [0.717, 1.165) is 22.8 Å². The molecule has 0 amide bonds. The summed E-state index contributed by atoms with van der Waals surface area (Å²) in [5.41, 5.74) is 2.08. The van der Waals surface area contributed by atoms with Crippen LogP contribution in [-0.4, -0.2) is 48.1 Å². The topological polar surface area (TPSA) is 117 Å². The third-order valence-corrected chi connectivity index (χ3v) is 4.69. The molecule has 0 fully saturated rings. The molecule has 1 atom stereocenters. The van der Waals surface area contributed by atoms with E-state index >= 15 is 0 Å². The molecule has 2 heterocycles. The number of aromatic nitrogens is 3. The molecule has 3 N–H and O–H groups in total. The van der Waals surface area contributed by atoms with Gasteiger partial charge in [0.2, 0.25) is 5.88 Å². The normalized spacial score (nSPS) is 12.8. The summed E-state index contributed by atoms with van der Waals surface area (Å²) >= 11 is 0.925. The van der Waals surface area contributed by atoms with Crippen LogP contribution in [0.4, 0.5) is 0 Å². The minimum atomic E-state index is -1.20. The lowest BCUT2D eigenvalue weighted by molar-refractivity contribution is -0.142. The lowest BCUT2D eigenvalue weighted by Gasteiger charge is -2.12. The molecule has 132 valence electrons. The Labute approximate surface area is 146 Å². The number of imidazole rings is 1. The Kier molecular flexibility index (Phi) is 4.58. The fourth-order valence-electron chi connectivity index (χ4n) is 2.45. The average Bonchev–Trinajstić information content (AvgIpc) is 3.02. The number of hydrogen-bond acceptors (Lipinski definition) is 5. The molecule has 0 saturated heterocycles. The van der Waals surface area contributed by atoms with E-state index in [9.17, 15) is 14.7 Å². The van der Waals surface area contributed by atoms with E-state index in [1.54, 1.807) is 4.52 Å². The van der Waals surface area contributed by atoms with E-state index in [4.69, 9.17) is 9.84 Å². The van der Waals surface area contributed by atoms with Gasteiger partial charge in [-0.1, -0.05) is 12.1 Å². The number of benzene rings is 1. The number of carbonyl (C=O) groups is 2. The minimum Gasteiger partial charge on any atom is -0.481 e. The number of ether oxygens (including phenoxy) is 1. The van der Waals surface area contributed by atoms with Crippen molar-refractivity contribution in [3.05, 3.63) is 24.3 Å². The molecular weight excluding hydrogens is 346 g/mol. The molecule has 0 saturated carbocycles. The zero-order valence-electron chi connectivity index (χ0n) is 13.6. The Morgan fingerprint density at radius 1 is 1.32 bits per heavy atom. The Morgan fingerprint density at radius 2 is 2.04 bits per heavy atom. The standard InChI is InChI=1S/C16H17N3O5S/c1-8(2)24-15-13(25-11(16(22)23)7-12(20)21)14-17-9-5-3-4-6-10(9)19(14)18-15/h3-6,8,11,18H,7H2,1-2H3,(H,20,21)(H,22,23). The molecule has 9 heteroatoms. The number of thioether (sulfide) groups is 1. The van der Waals surface area contributed by atoms with E-state index in [2.05, 4.69) is 10.1 Å². The number of nitrogens with zero attached hydrogens (tertiary/aromatic N) is 2. The highest BCUT2D eigenvalue weighted by molar-refractivity contribution is 8.01. The maximum Gasteiger partial charge on any atom is 0.317 e. The van der Waals surface area contributed by atoms with Gasteiger partial charge >= 0.3 is 11.9 Å². The van der Waals surface area contributed by atoms with Crippen LogP contribution in [-0.2, 0) is 9.59 Å². The number of aliphatic carboxylic acids is 2. The summed E-state index contributed by atoms with van der Waals surface area (Å²) in [5, 5.41) is 20.3. The molecule has 0 spiro atoms. The van der Waals surface area contributed by atoms with Crippen molar-refractivity contribution in [2.75, 3.05) is 0 Å². The van der Waals surface area contributed by atoms with Gasteiger partial charge < -0.3 is 14.9 Å². The SMILES string of the molecule is CC(C)Oc1[nH]n2c(nc3ccccc32)c1SC(CC(=O)O)C(=O)O. The van der Waals surface area contributed by atoms with E-state index in [-0.39, 0.29) is 6.10 Å². The number of fused-ring (bicyclic) bond motifs is 3. The number of carboxylic acid groups (broad SMARTS) is 2. The van der Waals surface area contributed by atoms with Crippen molar-refractivity contribution < 1.29 is 24.5 Å². The van der Waals surface area contributed by atoms with E-state index in [0.29, 0.717) is 16.4 Å². The first-order valence-corrected chi connectivity index (χ1v) is 8.52. The molecule has 3 rings (SSSR count). The zero-order valence-corrected chi connectivity index (χ0v) is 14.4. The second-order valence-electron chi connectivity index (χ2n) is 5.74. The van der Waals surface area contributed by atoms with Gasteiger partial charge in [0, 0.05) is 0 Å². The molecule has 1 unspecified atom stereocenters. The number of aromatic amines is 1. The molecule has 0 aliphatic rings. The van der Waals surface area contributed by atoms with Gasteiger partial charge in [-0.2, -0.15) is 0 Å². The molecule has 1 aromatic carbocycles. The van der Waals surface area contributed by atoms with Crippen LogP contribution in [0.3, 0.4) is 0 Å². The van der Waals surface area contributed by atoms with Crippen LogP contribution in [0.2, 0.25) is 0 Å². The monoisotopic (exact) mass is 363 g/mol. The first-order valence-electron chi connectivity index (χ1n) is 7.64. The van der Waals surface area contributed by atoms with Crippen LogP contribution >= 0.6 is 11.8 Å². The lowest BCUT2D eigenvalue weighted by Crippen LogP contribution is -2.20. The summed E-state index contributed by atoms with van der Waals surface area (Å²) in [4.78, 5) is 27.4. The second kappa shape index (κ2) is 6.67. The van der Waals surface area contributed by atoms with Gasteiger partial charge in [0.05, 0.1) is 23.6 Å². The third-order valence-electron chi connectivity index (χ3n) is 3.43. The molecule has 0 bridgehead atoms. The molecule has 0 aliphatic carbocycles. The van der Waals surface area contributed by atoms with Crippen molar-refractivity contribution >= 4 is 40.4 Å². The zero-order chi connectivity index (χ0) is 18.1. The molecule has 0 radical (unpaired) electrons. The van der Waals surface area contributed by atoms with Crippen LogP contribution in [0, 0.1) is 0 Å². The van der Waals surface area contributed by atoms with Crippen molar-refractivity contribution in [1.82, 2.24) is 14.6 Å². The van der Waals surface area contributed by atoms with Crippen molar-refractivity contribution in [2.24, 2.45) is 0 Å². The van der Waals surface area contributed by atoms with Crippen molar-refractivity contribution in [2.45, 2.75) is 36.5 Å². The third kappa shape index (κ3) is 3.41. The van der Waals surface area contributed by atoms with Crippen molar-refractivity contribution in [3.63, 3.8) is 0 Å². The molecule has 25 heavy (non-hydrogen) atoms. The Balaban J connectivity index is 2.12. The predicted octanol–water partition coefficient (Wildman–Crippen LogP) is 2.62. The number of H-pyrrole nitrogens is 1. The largest absolute Gasteiger partial charge is 0.481 e. The number of hydrogen-bond donors (Lipinski definition) is 3. The van der Waals surface area contributed by atoms with Crippen LogP contribution in [0.1, 0.15) is 20.3 Å². The Hall–Kier alpha value is -2.68. The smallest absolute Gasteiger partial charge is 0.317 e. The van der Waals surface area contributed by atoms with E-state index < -0.39 is 23.6 Å². The maximum absolute atomic E-state index is 11.4. The van der Waals surface area contributed by atoms with Gasteiger partial charge in [-0.15, -0.1) is 11.8 Å². The predicted molar refractivity (Wildman–Crippen MR) is 92.3 cm³/mol. The number of para-hydroxylation sites is 2. The van der Waals surface area contributed by atoms with E-state index in [1.165, 1.54) is 0 Å². The molecule has 3 aromatic rings. The van der Waals surface area contributed by atoms with Gasteiger partial charge in [-0.05, 0) is 26.0 Å². The number of rotatable bonds is 7. The summed E-state index contributed by atoms with van der Waals surface area (Å²) in [6.45, 7) is 3.70. The van der Waals surface area contributed by atoms with Gasteiger partial charge in [0.1, 0.15) is 10.1 Å². The van der Waals surface area contributed by atoms with Crippen LogP contribution in [0.25, 0.3) is 16.7 Å². The second-order valence-corrected chi connectivity index (χ2v) is 6.95. The maximum atomic E-state index is 11.4. The van der Waals surface area contributed by atoms with E-state index in [1.807, 2.05) is 38.1 Å². The molecular formula is C16H17N3O5S. The van der Waals surface area contributed by atoms with Gasteiger partial charge in [-0.3, -0.25) is 14.7 Å². The highest BCUT2D eigenvalue weighted by Gasteiger charge is 2.28. The summed E-state index contributed by atoms with van der Waals surface area (Å²) in [6.07, 6.45) is -0.643. The molecule has 8 nitrogen and oxygen atoms in total.